The molecule has 0 amide bonds. The molecule has 21 heavy (non-hydrogen) atoms. The summed E-state index contributed by atoms with van der Waals surface area (Å²) in [5, 5.41) is 0.777. The minimum atomic E-state index is -0.386. The molecule has 0 aliphatic heterocycles. The average Bonchev–Trinajstić information content (AvgIpc) is 2.46. The van der Waals surface area contributed by atoms with E-state index < -0.39 is 0 Å². The van der Waals surface area contributed by atoms with Gasteiger partial charge in [-0.15, -0.1) is 0 Å². The van der Waals surface area contributed by atoms with E-state index >= 15 is 0 Å². The van der Waals surface area contributed by atoms with Crippen LogP contribution in [0, 0.1) is 5.82 Å². The van der Waals surface area contributed by atoms with Gasteiger partial charge in [0.25, 0.3) is 0 Å². The Morgan fingerprint density at radius 3 is 2.67 bits per heavy atom. The number of nitrogens with two attached hydrogens (primary N) is 1. The maximum Gasteiger partial charge on any atom is 0.153 e. The molecule has 0 spiro atoms. The highest BCUT2D eigenvalue weighted by molar-refractivity contribution is 9.10. The number of benzene rings is 2. The fourth-order valence-electron chi connectivity index (χ4n) is 1.94. The first-order valence-corrected chi connectivity index (χ1v) is 7.60. The standard InChI is InChI=1S/C15H9Br2FN2O/c16-8-5-10-13(19)3-4-14(15(10)20-7-8)21-9-1-2-11(17)12(18)6-9/h1-7H,19H2. The van der Waals surface area contributed by atoms with Crippen LogP contribution in [-0.2, 0) is 0 Å². The number of rotatable bonds is 2. The number of ether oxygens (including phenoxy) is 1. The Balaban J connectivity index is 2.08. The van der Waals surface area contributed by atoms with Crippen LogP contribution in [0.25, 0.3) is 10.9 Å². The first-order valence-electron chi connectivity index (χ1n) is 6.01. The summed E-state index contributed by atoms with van der Waals surface area (Å²) < 4.78 is 20.5. The first-order chi connectivity index (χ1) is 10.0. The van der Waals surface area contributed by atoms with Crippen molar-refractivity contribution in [1.29, 1.82) is 0 Å². The molecule has 0 unspecified atom stereocenters. The second kappa shape index (κ2) is 5.61. The molecule has 2 aromatic carbocycles. The Morgan fingerprint density at radius 1 is 1.10 bits per heavy atom. The zero-order chi connectivity index (χ0) is 15.0. The van der Waals surface area contributed by atoms with Gasteiger partial charge in [0.15, 0.2) is 5.75 Å². The fourth-order valence-corrected chi connectivity index (χ4v) is 2.52. The summed E-state index contributed by atoms with van der Waals surface area (Å²) in [6.45, 7) is 0. The third-order valence-electron chi connectivity index (χ3n) is 2.93. The van der Waals surface area contributed by atoms with E-state index in [-0.39, 0.29) is 5.82 Å². The molecule has 0 saturated heterocycles. The predicted molar refractivity (Wildman–Crippen MR) is 88.0 cm³/mol. The minimum Gasteiger partial charge on any atom is -0.455 e. The zero-order valence-electron chi connectivity index (χ0n) is 10.6. The van der Waals surface area contributed by atoms with Gasteiger partial charge in [-0.1, -0.05) is 0 Å². The Hall–Kier alpha value is -1.66. The summed E-state index contributed by atoms with van der Waals surface area (Å²) in [6, 6.07) is 9.90. The highest BCUT2D eigenvalue weighted by atomic mass is 79.9. The van der Waals surface area contributed by atoms with E-state index in [1.54, 1.807) is 30.5 Å². The van der Waals surface area contributed by atoms with Gasteiger partial charge >= 0.3 is 0 Å². The number of fused-ring (bicyclic) bond motifs is 1. The molecule has 0 fully saturated rings. The van der Waals surface area contributed by atoms with E-state index in [1.165, 1.54) is 6.07 Å². The maximum absolute atomic E-state index is 13.5. The number of anilines is 1. The van der Waals surface area contributed by atoms with E-state index in [4.69, 9.17) is 10.5 Å². The number of hydrogen-bond acceptors (Lipinski definition) is 3. The van der Waals surface area contributed by atoms with Gasteiger partial charge in [-0.2, -0.15) is 0 Å². The Labute approximate surface area is 137 Å². The van der Waals surface area contributed by atoms with Gasteiger partial charge in [0, 0.05) is 27.8 Å². The van der Waals surface area contributed by atoms with Gasteiger partial charge in [-0.3, -0.25) is 4.98 Å². The van der Waals surface area contributed by atoms with Crippen LogP contribution >= 0.6 is 31.9 Å². The smallest absolute Gasteiger partial charge is 0.153 e. The monoisotopic (exact) mass is 410 g/mol. The molecule has 3 aromatic rings. The molecule has 0 radical (unpaired) electrons. The molecule has 0 aliphatic carbocycles. The minimum absolute atomic E-state index is 0.386. The SMILES string of the molecule is Nc1ccc(Oc2ccc(Br)c(F)c2)c2ncc(Br)cc12. The molecule has 3 rings (SSSR count). The summed E-state index contributed by atoms with van der Waals surface area (Å²) in [6.07, 6.45) is 1.66. The van der Waals surface area contributed by atoms with Crippen molar-refractivity contribution in [1.82, 2.24) is 4.98 Å². The molecule has 6 heteroatoms. The average molecular weight is 412 g/mol. The van der Waals surface area contributed by atoms with Crippen molar-refractivity contribution >= 4 is 48.5 Å². The van der Waals surface area contributed by atoms with Crippen LogP contribution < -0.4 is 10.5 Å². The quantitative estimate of drug-likeness (QED) is 0.584. The highest BCUT2D eigenvalue weighted by Crippen LogP contribution is 2.34. The molecule has 0 atom stereocenters. The molecule has 1 aromatic heterocycles. The lowest BCUT2D eigenvalue weighted by Gasteiger charge is -2.10. The summed E-state index contributed by atoms with van der Waals surface area (Å²) in [5.41, 5.74) is 7.18. The first kappa shape index (κ1) is 14.3. The number of pyridine rings is 1. The van der Waals surface area contributed by atoms with Crippen molar-refractivity contribution in [3.63, 3.8) is 0 Å². The van der Waals surface area contributed by atoms with E-state index in [0.29, 0.717) is 27.2 Å². The molecule has 2 N–H and O–H groups in total. The predicted octanol–water partition coefficient (Wildman–Crippen LogP) is 5.27. The molecule has 0 aliphatic rings. The van der Waals surface area contributed by atoms with E-state index in [0.717, 1.165) is 9.86 Å². The molecule has 3 nitrogen and oxygen atoms in total. The Morgan fingerprint density at radius 2 is 1.90 bits per heavy atom. The maximum atomic E-state index is 13.5. The molecule has 106 valence electrons. The lowest BCUT2D eigenvalue weighted by Crippen LogP contribution is -1.93. The number of aromatic nitrogens is 1. The fraction of sp³-hybridized carbons (Fsp3) is 0. The molecule has 0 bridgehead atoms. The topological polar surface area (TPSA) is 48.1 Å². The van der Waals surface area contributed by atoms with Crippen molar-refractivity contribution in [3.8, 4) is 11.5 Å². The van der Waals surface area contributed by atoms with Crippen molar-refractivity contribution in [2.75, 3.05) is 5.73 Å². The van der Waals surface area contributed by atoms with Gasteiger partial charge in [0.2, 0.25) is 0 Å². The Kier molecular flexibility index (Phi) is 3.82. The Bertz CT molecular complexity index is 839. The molecule has 0 saturated carbocycles. The van der Waals surface area contributed by atoms with E-state index in [2.05, 4.69) is 36.8 Å². The van der Waals surface area contributed by atoms with Crippen LogP contribution in [0.4, 0.5) is 10.1 Å². The molecule has 1 heterocycles. The van der Waals surface area contributed by atoms with Gasteiger partial charge in [0.05, 0.1) is 4.47 Å². The summed E-state index contributed by atoms with van der Waals surface area (Å²) >= 11 is 6.47. The summed E-state index contributed by atoms with van der Waals surface area (Å²) in [4.78, 5) is 4.32. The van der Waals surface area contributed by atoms with Crippen molar-refractivity contribution in [3.05, 3.63) is 57.4 Å². The lowest BCUT2D eigenvalue weighted by molar-refractivity contribution is 0.480. The highest BCUT2D eigenvalue weighted by Gasteiger charge is 2.09. The van der Waals surface area contributed by atoms with Crippen molar-refractivity contribution in [2.24, 2.45) is 0 Å². The number of hydrogen-bond donors (Lipinski definition) is 1. The number of halogens is 3. The van der Waals surface area contributed by atoms with Crippen molar-refractivity contribution < 1.29 is 9.13 Å². The second-order valence-corrected chi connectivity index (χ2v) is 6.15. The van der Waals surface area contributed by atoms with Crippen LogP contribution in [0.2, 0.25) is 0 Å². The van der Waals surface area contributed by atoms with Crippen LogP contribution in [0.5, 0.6) is 11.5 Å². The second-order valence-electron chi connectivity index (χ2n) is 4.38. The summed E-state index contributed by atoms with van der Waals surface area (Å²) in [7, 11) is 0. The number of nitrogens with zero attached hydrogens (tertiary/aromatic N) is 1. The van der Waals surface area contributed by atoms with Gasteiger partial charge in [-0.25, -0.2) is 4.39 Å². The summed E-state index contributed by atoms with van der Waals surface area (Å²) in [5.74, 6) is 0.530. The molecular weight excluding hydrogens is 403 g/mol. The zero-order valence-corrected chi connectivity index (χ0v) is 13.8. The molecular formula is C15H9Br2FN2O. The van der Waals surface area contributed by atoms with Gasteiger partial charge in [-0.05, 0) is 62.2 Å². The third-order valence-corrected chi connectivity index (χ3v) is 4.01. The van der Waals surface area contributed by atoms with Gasteiger partial charge < -0.3 is 10.5 Å². The van der Waals surface area contributed by atoms with E-state index in [9.17, 15) is 4.39 Å². The van der Waals surface area contributed by atoms with Crippen LogP contribution in [0.15, 0.2) is 51.5 Å². The lowest BCUT2D eigenvalue weighted by atomic mass is 10.1. The van der Waals surface area contributed by atoms with Crippen LogP contribution in [0.1, 0.15) is 0 Å². The largest absolute Gasteiger partial charge is 0.455 e. The van der Waals surface area contributed by atoms with Crippen molar-refractivity contribution in [2.45, 2.75) is 0 Å². The van der Waals surface area contributed by atoms with Crippen LogP contribution in [-0.4, -0.2) is 4.98 Å². The van der Waals surface area contributed by atoms with E-state index in [1.807, 2.05) is 6.07 Å². The van der Waals surface area contributed by atoms with Crippen LogP contribution in [0.3, 0.4) is 0 Å². The third kappa shape index (κ3) is 2.87. The normalized spacial score (nSPS) is 10.8. The van der Waals surface area contributed by atoms with Gasteiger partial charge in [0.1, 0.15) is 17.1 Å². The number of nitrogen functional groups attached to an aromatic ring is 1.